The molecule has 0 aliphatic rings. The van der Waals surface area contributed by atoms with Crippen LogP contribution >= 0.6 is 0 Å². The molecule has 2 aromatic carbocycles. The molecule has 0 aliphatic heterocycles. The second-order valence-electron chi connectivity index (χ2n) is 6.65. The van der Waals surface area contributed by atoms with Gasteiger partial charge in [0.15, 0.2) is 6.10 Å². The molecule has 0 saturated carbocycles. The Morgan fingerprint density at radius 2 is 1.84 bits per heavy atom. The highest BCUT2D eigenvalue weighted by Gasteiger charge is 2.21. The number of hydrogen-bond donors (Lipinski definition) is 1. The third-order valence-corrected chi connectivity index (χ3v) is 6.06. The highest BCUT2D eigenvalue weighted by Crippen LogP contribution is 2.18. The number of sulfonamides is 1. The van der Waals surface area contributed by atoms with Crippen molar-refractivity contribution in [2.45, 2.75) is 17.9 Å². The van der Waals surface area contributed by atoms with Crippen molar-refractivity contribution < 1.29 is 22.7 Å². The molecule has 11 nitrogen and oxygen atoms in total. The summed E-state index contributed by atoms with van der Waals surface area (Å²) in [6.07, 6.45) is 0.305. The zero-order chi connectivity index (χ0) is 22.6. The van der Waals surface area contributed by atoms with Gasteiger partial charge in [0, 0.05) is 19.8 Å². The van der Waals surface area contributed by atoms with Crippen LogP contribution in [0, 0.1) is 0 Å². The number of nitrogens with one attached hydrogen (secondary N) is 1. The van der Waals surface area contributed by atoms with Crippen LogP contribution in [0.1, 0.15) is 17.3 Å². The Kier molecular flexibility index (Phi) is 6.42. The Hall–Kier alpha value is -3.64. The van der Waals surface area contributed by atoms with E-state index < -0.39 is 28.0 Å². The Balaban J connectivity index is 1.64. The van der Waals surface area contributed by atoms with E-state index in [4.69, 9.17) is 4.74 Å². The molecule has 0 spiro atoms. The molecule has 0 saturated heterocycles. The zero-order valence-corrected chi connectivity index (χ0v) is 17.8. The molecule has 3 rings (SSSR count). The molecule has 0 radical (unpaired) electrons. The lowest BCUT2D eigenvalue weighted by Crippen LogP contribution is -2.30. The molecule has 1 heterocycles. The molecule has 1 N–H and O–H groups in total. The van der Waals surface area contributed by atoms with Gasteiger partial charge in [0.2, 0.25) is 10.0 Å². The van der Waals surface area contributed by atoms with E-state index >= 15 is 0 Å². The lowest BCUT2D eigenvalue weighted by molar-refractivity contribution is -0.123. The average molecular weight is 444 g/mol. The maximum atomic E-state index is 12.4. The number of nitrogens with zero attached hydrogens (tertiary/aromatic N) is 5. The van der Waals surface area contributed by atoms with Gasteiger partial charge in [-0.2, -0.15) is 0 Å². The summed E-state index contributed by atoms with van der Waals surface area (Å²) >= 11 is 0. The molecular formula is C19H20N6O5S. The normalized spacial score (nSPS) is 12.4. The molecule has 1 amide bonds. The van der Waals surface area contributed by atoms with Gasteiger partial charge < -0.3 is 10.1 Å². The Labute approximate surface area is 178 Å². The smallest absolute Gasteiger partial charge is 0.338 e. The SMILES string of the molecule is C[C@H](OC(=O)c1ccc(-n2cnnn2)cc1)C(=O)Nc1cccc(S(=O)(=O)N(C)C)c1. The van der Waals surface area contributed by atoms with Gasteiger partial charge in [-0.25, -0.2) is 22.2 Å². The van der Waals surface area contributed by atoms with Crippen LogP contribution in [0.5, 0.6) is 0 Å². The number of benzene rings is 2. The molecule has 1 aromatic heterocycles. The highest BCUT2D eigenvalue weighted by molar-refractivity contribution is 7.89. The number of rotatable bonds is 7. The van der Waals surface area contributed by atoms with E-state index in [-0.39, 0.29) is 16.1 Å². The molecule has 12 heteroatoms. The van der Waals surface area contributed by atoms with Gasteiger partial charge in [0.05, 0.1) is 16.1 Å². The van der Waals surface area contributed by atoms with Crippen molar-refractivity contribution in [2.75, 3.05) is 19.4 Å². The Morgan fingerprint density at radius 1 is 1.13 bits per heavy atom. The predicted octanol–water partition coefficient (Wildman–Crippen LogP) is 1.10. The summed E-state index contributed by atoms with van der Waals surface area (Å²) in [6.45, 7) is 1.42. The summed E-state index contributed by atoms with van der Waals surface area (Å²) in [4.78, 5) is 24.8. The molecule has 0 fully saturated rings. The van der Waals surface area contributed by atoms with Crippen LogP contribution in [-0.4, -0.2) is 65.0 Å². The Bertz CT molecular complexity index is 1180. The predicted molar refractivity (Wildman–Crippen MR) is 110 cm³/mol. The van der Waals surface area contributed by atoms with E-state index in [0.29, 0.717) is 5.69 Å². The number of amides is 1. The first-order chi connectivity index (χ1) is 14.7. The monoisotopic (exact) mass is 444 g/mol. The minimum absolute atomic E-state index is 0.0302. The van der Waals surface area contributed by atoms with Crippen molar-refractivity contribution in [1.82, 2.24) is 24.5 Å². The lowest BCUT2D eigenvalue weighted by Gasteiger charge is -2.15. The van der Waals surface area contributed by atoms with E-state index in [0.717, 1.165) is 4.31 Å². The van der Waals surface area contributed by atoms with Crippen LogP contribution in [-0.2, 0) is 19.6 Å². The van der Waals surface area contributed by atoms with Gasteiger partial charge in [-0.15, -0.1) is 5.10 Å². The molecule has 0 bridgehead atoms. The van der Waals surface area contributed by atoms with Crippen molar-refractivity contribution in [3.05, 3.63) is 60.4 Å². The molecule has 162 valence electrons. The number of carbonyl (C=O) groups is 2. The van der Waals surface area contributed by atoms with Gasteiger partial charge in [0.1, 0.15) is 6.33 Å². The molecule has 0 aliphatic carbocycles. The standard InChI is InChI=1S/C19H20N6O5S/c1-13(18(26)21-15-5-4-6-17(11-15)31(28,29)24(2)3)30-19(27)14-7-9-16(10-8-14)25-12-20-22-23-25/h4-13H,1-3H3,(H,21,26)/t13-/m0/s1. The first kappa shape index (κ1) is 22.1. The highest BCUT2D eigenvalue weighted by atomic mass is 32.2. The van der Waals surface area contributed by atoms with Crippen molar-refractivity contribution >= 4 is 27.6 Å². The fourth-order valence-corrected chi connectivity index (χ4v) is 3.45. The van der Waals surface area contributed by atoms with E-state index in [9.17, 15) is 18.0 Å². The number of ether oxygens (including phenoxy) is 1. The van der Waals surface area contributed by atoms with Crippen molar-refractivity contribution in [3.63, 3.8) is 0 Å². The van der Waals surface area contributed by atoms with Gasteiger partial charge in [-0.3, -0.25) is 4.79 Å². The van der Waals surface area contributed by atoms with E-state index in [1.165, 1.54) is 62.4 Å². The third kappa shape index (κ3) is 5.10. The van der Waals surface area contributed by atoms with E-state index in [1.807, 2.05) is 0 Å². The van der Waals surface area contributed by atoms with Crippen molar-refractivity contribution in [1.29, 1.82) is 0 Å². The molecule has 0 unspecified atom stereocenters. The minimum Gasteiger partial charge on any atom is -0.449 e. The Morgan fingerprint density at radius 3 is 2.45 bits per heavy atom. The fraction of sp³-hybridized carbons (Fsp3) is 0.211. The quantitative estimate of drug-likeness (QED) is 0.535. The fourth-order valence-electron chi connectivity index (χ4n) is 2.50. The summed E-state index contributed by atoms with van der Waals surface area (Å²) < 4.78 is 32.2. The first-order valence-corrected chi connectivity index (χ1v) is 10.5. The second-order valence-corrected chi connectivity index (χ2v) is 8.81. The number of hydrogen-bond acceptors (Lipinski definition) is 8. The lowest BCUT2D eigenvalue weighted by atomic mass is 10.2. The van der Waals surface area contributed by atoms with Crippen molar-refractivity contribution in [3.8, 4) is 5.69 Å². The van der Waals surface area contributed by atoms with Gasteiger partial charge in [-0.1, -0.05) is 6.07 Å². The summed E-state index contributed by atoms with van der Waals surface area (Å²) in [5.74, 6) is -1.28. The van der Waals surface area contributed by atoms with Crippen LogP contribution < -0.4 is 5.32 Å². The maximum Gasteiger partial charge on any atom is 0.338 e. The number of esters is 1. The topological polar surface area (TPSA) is 136 Å². The molecular weight excluding hydrogens is 424 g/mol. The van der Waals surface area contributed by atoms with Gasteiger partial charge in [-0.05, 0) is 59.8 Å². The molecule has 31 heavy (non-hydrogen) atoms. The third-order valence-electron chi connectivity index (χ3n) is 4.25. The number of tetrazole rings is 1. The minimum atomic E-state index is -3.65. The maximum absolute atomic E-state index is 12.4. The summed E-state index contributed by atoms with van der Waals surface area (Å²) in [7, 11) is -0.819. The van der Waals surface area contributed by atoms with Gasteiger partial charge >= 0.3 is 5.97 Å². The number of carbonyl (C=O) groups excluding carboxylic acids is 2. The van der Waals surface area contributed by atoms with Crippen LogP contribution in [0.2, 0.25) is 0 Å². The van der Waals surface area contributed by atoms with Crippen molar-refractivity contribution in [2.24, 2.45) is 0 Å². The summed E-state index contributed by atoms with van der Waals surface area (Å²) in [5, 5.41) is 13.4. The summed E-state index contributed by atoms with van der Waals surface area (Å²) in [5.41, 5.74) is 1.16. The van der Waals surface area contributed by atoms with E-state index in [1.54, 1.807) is 18.2 Å². The van der Waals surface area contributed by atoms with Gasteiger partial charge in [0.25, 0.3) is 5.91 Å². The van der Waals surface area contributed by atoms with Crippen LogP contribution in [0.3, 0.4) is 0 Å². The molecule has 3 aromatic rings. The van der Waals surface area contributed by atoms with Crippen LogP contribution in [0.15, 0.2) is 59.8 Å². The van der Waals surface area contributed by atoms with Crippen LogP contribution in [0.4, 0.5) is 5.69 Å². The molecule has 1 atom stereocenters. The van der Waals surface area contributed by atoms with Crippen LogP contribution in [0.25, 0.3) is 5.69 Å². The first-order valence-electron chi connectivity index (χ1n) is 9.06. The number of anilines is 1. The second kappa shape index (κ2) is 9.02. The zero-order valence-electron chi connectivity index (χ0n) is 17.0. The van der Waals surface area contributed by atoms with E-state index in [2.05, 4.69) is 20.8 Å². The average Bonchev–Trinajstić information content (AvgIpc) is 3.28. The largest absolute Gasteiger partial charge is 0.449 e. The number of aromatic nitrogens is 4. The summed E-state index contributed by atoms with van der Waals surface area (Å²) in [6, 6.07) is 12.1.